The number of carbonyl (C=O) groups is 1. The SMILES string of the molecule is CC(=O)NCc1nc2ccccc2n1CCCCOc1cccc(C)c1. The Bertz CT molecular complexity index is 886. The number of para-hydroxylation sites is 2. The van der Waals surface area contributed by atoms with Gasteiger partial charge in [-0.15, -0.1) is 0 Å². The van der Waals surface area contributed by atoms with Crippen molar-refractivity contribution < 1.29 is 9.53 Å². The van der Waals surface area contributed by atoms with Gasteiger partial charge in [0.15, 0.2) is 0 Å². The third-order valence-corrected chi connectivity index (χ3v) is 4.26. The van der Waals surface area contributed by atoms with Crippen LogP contribution in [-0.2, 0) is 17.9 Å². The summed E-state index contributed by atoms with van der Waals surface area (Å²) >= 11 is 0. The molecule has 3 rings (SSSR count). The lowest BCUT2D eigenvalue weighted by molar-refractivity contribution is -0.119. The Balaban J connectivity index is 1.58. The Hall–Kier alpha value is -2.82. The molecular weight excluding hydrogens is 326 g/mol. The number of unbranched alkanes of at least 4 members (excludes halogenated alkanes) is 1. The Labute approximate surface area is 154 Å². The second kappa shape index (κ2) is 8.52. The van der Waals surface area contributed by atoms with E-state index in [9.17, 15) is 4.79 Å². The summed E-state index contributed by atoms with van der Waals surface area (Å²) < 4.78 is 8.01. The molecule has 0 saturated heterocycles. The quantitative estimate of drug-likeness (QED) is 0.627. The van der Waals surface area contributed by atoms with Gasteiger partial charge in [-0.3, -0.25) is 4.79 Å². The number of hydrogen-bond acceptors (Lipinski definition) is 3. The highest BCUT2D eigenvalue weighted by molar-refractivity contribution is 5.76. The van der Waals surface area contributed by atoms with Gasteiger partial charge < -0.3 is 14.6 Å². The maximum atomic E-state index is 11.2. The average Bonchev–Trinajstić information content (AvgIpc) is 2.97. The van der Waals surface area contributed by atoms with Crippen LogP contribution in [0.1, 0.15) is 31.2 Å². The Kier molecular flexibility index (Phi) is 5.89. The van der Waals surface area contributed by atoms with Crippen LogP contribution in [0.15, 0.2) is 48.5 Å². The van der Waals surface area contributed by atoms with E-state index in [-0.39, 0.29) is 5.91 Å². The van der Waals surface area contributed by atoms with Crippen LogP contribution in [-0.4, -0.2) is 22.1 Å². The molecule has 1 aromatic heterocycles. The molecule has 0 unspecified atom stereocenters. The van der Waals surface area contributed by atoms with Crippen molar-refractivity contribution in [3.05, 3.63) is 59.9 Å². The highest BCUT2D eigenvalue weighted by Gasteiger charge is 2.10. The molecule has 0 fully saturated rings. The van der Waals surface area contributed by atoms with E-state index in [0.29, 0.717) is 13.2 Å². The predicted molar refractivity (Wildman–Crippen MR) is 103 cm³/mol. The summed E-state index contributed by atoms with van der Waals surface area (Å²) in [5.74, 6) is 1.76. The van der Waals surface area contributed by atoms with Crippen molar-refractivity contribution in [2.75, 3.05) is 6.61 Å². The fraction of sp³-hybridized carbons (Fsp3) is 0.333. The van der Waals surface area contributed by atoms with Crippen LogP contribution in [0.2, 0.25) is 0 Å². The van der Waals surface area contributed by atoms with E-state index in [1.54, 1.807) is 0 Å². The first-order valence-corrected chi connectivity index (χ1v) is 9.01. The van der Waals surface area contributed by atoms with Gasteiger partial charge in [-0.05, 0) is 49.6 Å². The van der Waals surface area contributed by atoms with E-state index in [1.807, 2.05) is 30.3 Å². The van der Waals surface area contributed by atoms with Crippen molar-refractivity contribution in [3.8, 4) is 5.75 Å². The van der Waals surface area contributed by atoms with Gasteiger partial charge in [-0.2, -0.15) is 0 Å². The molecule has 0 spiro atoms. The zero-order chi connectivity index (χ0) is 18.4. The van der Waals surface area contributed by atoms with Gasteiger partial charge in [0.2, 0.25) is 5.91 Å². The van der Waals surface area contributed by atoms with Crippen molar-refractivity contribution in [1.29, 1.82) is 0 Å². The van der Waals surface area contributed by atoms with E-state index < -0.39 is 0 Å². The molecule has 0 atom stereocenters. The van der Waals surface area contributed by atoms with E-state index in [1.165, 1.54) is 12.5 Å². The summed E-state index contributed by atoms with van der Waals surface area (Å²) in [6, 6.07) is 16.2. The van der Waals surface area contributed by atoms with Crippen LogP contribution in [0.5, 0.6) is 5.75 Å². The number of rotatable bonds is 8. The number of benzene rings is 2. The largest absolute Gasteiger partial charge is 0.494 e. The number of ether oxygens (including phenoxy) is 1. The van der Waals surface area contributed by atoms with Crippen molar-refractivity contribution in [3.63, 3.8) is 0 Å². The second-order valence-corrected chi connectivity index (χ2v) is 6.45. The topological polar surface area (TPSA) is 56.2 Å². The number of imidazole rings is 1. The molecule has 2 aromatic carbocycles. The number of nitrogens with one attached hydrogen (secondary N) is 1. The summed E-state index contributed by atoms with van der Waals surface area (Å²) in [7, 11) is 0. The highest BCUT2D eigenvalue weighted by Crippen LogP contribution is 2.17. The molecular formula is C21H25N3O2. The fourth-order valence-corrected chi connectivity index (χ4v) is 2.98. The van der Waals surface area contributed by atoms with Crippen molar-refractivity contribution in [2.24, 2.45) is 0 Å². The lowest BCUT2D eigenvalue weighted by Gasteiger charge is -2.10. The van der Waals surface area contributed by atoms with Crippen molar-refractivity contribution in [1.82, 2.24) is 14.9 Å². The van der Waals surface area contributed by atoms with Crippen LogP contribution in [0, 0.1) is 6.92 Å². The number of aromatic nitrogens is 2. The second-order valence-electron chi connectivity index (χ2n) is 6.45. The molecule has 0 bridgehead atoms. The normalized spacial score (nSPS) is 10.8. The van der Waals surface area contributed by atoms with Gasteiger partial charge in [0.05, 0.1) is 24.2 Å². The minimum absolute atomic E-state index is 0.0461. The van der Waals surface area contributed by atoms with E-state index >= 15 is 0 Å². The van der Waals surface area contributed by atoms with Gasteiger partial charge in [-0.25, -0.2) is 4.98 Å². The monoisotopic (exact) mass is 351 g/mol. The lowest BCUT2D eigenvalue weighted by atomic mass is 10.2. The number of hydrogen-bond donors (Lipinski definition) is 1. The number of fused-ring (bicyclic) bond motifs is 1. The van der Waals surface area contributed by atoms with E-state index in [2.05, 4.69) is 40.0 Å². The molecule has 0 saturated carbocycles. The van der Waals surface area contributed by atoms with Gasteiger partial charge >= 0.3 is 0 Å². The lowest BCUT2D eigenvalue weighted by Crippen LogP contribution is -2.21. The van der Waals surface area contributed by atoms with Crippen LogP contribution in [0.25, 0.3) is 11.0 Å². The van der Waals surface area contributed by atoms with Crippen LogP contribution < -0.4 is 10.1 Å². The van der Waals surface area contributed by atoms with Crippen LogP contribution >= 0.6 is 0 Å². The van der Waals surface area contributed by atoms with Gasteiger partial charge in [0, 0.05) is 13.5 Å². The molecule has 0 aliphatic carbocycles. The highest BCUT2D eigenvalue weighted by atomic mass is 16.5. The van der Waals surface area contributed by atoms with Crippen molar-refractivity contribution >= 4 is 16.9 Å². The standard InChI is InChI=1S/C21H25N3O2/c1-16-8-7-9-18(14-16)26-13-6-5-12-24-20-11-4-3-10-19(20)23-21(24)15-22-17(2)25/h3-4,7-11,14H,5-6,12-13,15H2,1-2H3,(H,22,25). The Morgan fingerprint density at radius 1 is 1.15 bits per heavy atom. The van der Waals surface area contributed by atoms with Gasteiger partial charge in [0.25, 0.3) is 0 Å². The van der Waals surface area contributed by atoms with Gasteiger partial charge in [-0.1, -0.05) is 24.3 Å². The molecule has 1 heterocycles. The molecule has 1 amide bonds. The maximum absolute atomic E-state index is 11.2. The third-order valence-electron chi connectivity index (χ3n) is 4.26. The Morgan fingerprint density at radius 3 is 2.81 bits per heavy atom. The summed E-state index contributed by atoms with van der Waals surface area (Å²) in [6.45, 7) is 5.58. The molecule has 5 heteroatoms. The summed E-state index contributed by atoms with van der Waals surface area (Å²) in [6.07, 6.45) is 1.94. The van der Waals surface area contributed by atoms with Crippen LogP contribution in [0.3, 0.4) is 0 Å². The summed E-state index contributed by atoms with van der Waals surface area (Å²) in [5.41, 5.74) is 3.27. The molecule has 0 aliphatic heterocycles. The number of amides is 1. The third kappa shape index (κ3) is 4.63. The predicted octanol–water partition coefficient (Wildman–Crippen LogP) is 3.84. The molecule has 5 nitrogen and oxygen atoms in total. The maximum Gasteiger partial charge on any atom is 0.217 e. The van der Waals surface area contributed by atoms with Gasteiger partial charge in [0.1, 0.15) is 11.6 Å². The first-order valence-electron chi connectivity index (χ1n) is 9.01. The molecule has 0 radical (unpaired) electrons. The number of aryl methyl sites for hydroxylation is 2. The molecule has 26 heavy (non-hydrogen) atoms. The zero-order valence-corrected chi connectivity index (χ0v) is 15.4. The minimum atomic E-state index is -0.0461. The molecule has 3 aromatic rings. The fourth-order valence-electron chi connectivity index (χ4n) is 2.98. The number of nitrogens with zero attached hydrogens (tertiary/aromatic N) is 2. The van der Waals surface area contributed by atoms with Crippen molar-refractivity contribution in [2.45, 2.75) is 39.8 Å². The minimum Gasteiger partial charge on any atom is -0.494 e. The summed E-state index contributed by atoms with van der Waals surface area (Å²) in [4.78, 5) is 15.9. The summed E-state index contributed by atoms with van der Waals surface area (Å²) in [5, 5.41) is 2.84. The number of carbonyl (C=O) groups excluding carboxylic acids is 1. The zero-order valence-electron chi connectivity index (χ0n) is 15.4. The molecule has 1 N–H and O–H groups in total. The van der Waals surface area contributed by atoms with Crippen LogP contribution in [0.4, 0.5) is 0 Å². The molecule has 0 aliphatic rings. The first kappa shape index (κ1) is 18.0. The van der Waals surface area contributed by atoms with E-state index in [0.717, 1.165) is 42.0 Å². The van der Waals surface area contributed by atoms with E-state index in [4.69, 9.17) is 4.74 Å². The molecule has 136 valence electrons. The average molecular weight is 351 g/mol. The first-order chi connectivity index (χ1) is 12.6. The Morgan fingerprint density at radius 2 is 2.00 bits per heavy atom. The smallest absolute Gasteiger partial charge is 0.217 e.